The first kappa shape index (κ1) is 42.8. The normalized spacial score (nSPS) is 12.5. The van der Waals surface area contributed by atoms with Gasteiger partial charge in [0.1, 0.15) is 23.4 Å². The van der Waals surface area contributed by atoms with Crippen molar-refractivity contribution in [2.45, 2.75) is 84.1 Å². The maximum Gasteiger partial charge on any atom is 0.326 e. The van der Waals surface area contributed by atoms with Crippen LogP contribution in [-0.2, 0) is 19.1 Å². The molecule has 0 aliphatic heterocycles. The summed E-state index contributed by atoms with van der Waals surface area (Å²) in [6, 6.07) is 5.45. The molecule has 8 nitrogen and oxygen atoms in total. The van der Waals surface area contributed by atoms with Crippen molar-refractivity contribution in [2.24, 2.45) is 0 Å². The number of carbonyl (C=O) groups is 4. The van der Waals surface area contributed by atoms with E-state index in [4.69, 9.17) is 9.47 Å². The van der Waals surface area contributed by atoms with E-state index in [1.807, 2.05) is 12.2 Å². The van der Waals surface area contributed by atoms with Crippen LogP contribution in [0.5, 0.6) is 5.75 Å². The maximum absolute atomic E-state index is 14.4. The Balaban J connectivity index is 1.71. The van der Waals surface area contributed by atoms with E-state index >= 15 is 0 Å². The SMILES string of the molecule is CC/C=C\C/C=C\C/C=C\C/C=C\C/C=C\C/C=C\CCC(=O)OCCCC(NC(=O)c1cc(-c2ccc(F)cc2F)ccc1OC(C)=O)C(=O)O. The number of allylic oxidation sites excluding steroid dienone is 12. The number of hydrogen-bond donors (Lipinski definition) is 2. The highest BCUT2D eigenvalue weighted by Gasteiger charge is 2.24. The number of amides is 1. The van der Waals surface area contributed by atoms with Crippen LogP contribution < -0.4 is 10.1 Å². The second-order valence-corrected chi connectivity index (χ2v) is 11.6. The monoisotopic (exact) mass is 717 g/mol. The molecule has 0 saturated heterocycles. The van der Waals surface area contributed by atoms with Crippen LogP contribution in [0.25, 0.3) is 11.1 Å². The van der Waals surface area contributed by atoms with Gasteiger partial charge in [0, 0.05) is 25.0 Å². The van der Waals surface area contributed by atoms with Gasteiger partial charge in [-0.3, -0.25) is 14.4 Å². The third kappa shape index (κ3) is 18.0. The Hall–Kier alpha value is -5.38. The standard InChI is InChI=1S/C42H49F2NO7/c1-3-4-5-6-7-8-9-10-11-12-13-14-15-16-17-18-19-20-21-24-40(47)51-29-22-23-38(42(49)50)45-41(48)36-30-33(25-28-39(36)52-32(2)46)35-27-26-34(43)31-37(35)44/h4-5,7-8,10-11,13-14,16-17,19-20,25-28,30-31,38H,3,6,9,12,15,18,21-24,29H2,1-2H3,(H,45,48)(H,49,50)/b5-4-,8-7-,11-10-,14-13-,17-16-,20-19-. The van der Waals surface area contributed by atoms with E-state index in [1.54, 1.807) is 0 Å². The van der Waals surface area contributed by atoms with Gasteiger partial charge < -0.3 is 19.9 Å². The maximum atomic E-state index is 14.4. The van der Waals surface area contributed by atoms with Crippen LogP contribution in [0.1, 0.15) is 88.4 Å². The Morgan fingerprint density at radius 2 is 1.37 bits per heavy atom. The number of benzene rings is 2. The topological polar surface area (TPSA) is 119 Å². The molecule has 0 saturated carbocycles. The third-order valence-corrected chi connectivity index (χ3v) is 7.34. The molecule has 0 heterocycles. The molecule has 1 atom stereocenters. The summed E-state index contributed by atoms with van der Waals surface area (Å²) in [5.41, 5.74) is -0.0490. The number of carboxylic acid groups (broad SMARTS) is 1. The molecule has 10 heteroatoms. The van der Waals surface area contributed by atoms with Crippen LogP contribution in [0.3, 0.4) is 0 Å². The van der Waals surface area contributed by atoms with Crippen LogP contribution in [-0.4, -0.2) is 41.6 Å². The lowest BCUT2D eigenvalue weighted by Crippen LogP contribution is -2.41. The molecule has 1 amide bonds. The zero-order chi connectivity index (χ0) is 38.0. The molecule has 2 aromatic carbocycles. The Morgan fingerprint density at radius 1 is 0.788 bits per heavy atom. The molecule has 0 aliphatic carbocycles. The fraction of sp³-hybridized carbons (Fsp3) is 0.333. The highest BCUT2D eigenvalue weighted by atomic mass is 19.1. The van der Waals surface area contributed by atoms with Crippen molar-refractivity contribution >= 4 is 23.8 Å². The van der Waals surface area contributed by atoms with E-state index in [2.05, 4.69) is 73.0 Å². The van der Waals surface area contributed by atoms with E-state index in [1.165, 1.54) is 24.3 Å². The number of halogens is 2. The molecule has 278 valence electrons. The third-order valence-electron chi connectivity index (χ3n) is 7.34. The molecular formula is C42H49F2NO7. The largest absolute Gasteiger partial charge is 0.480 e. The number of rotatable bonds is 23. The molecule has 52 heavy (non-hydrogen) atoms. The molecule has 0 aromatic heterocycles. The van der Waals surface area contributed by atoms with Crippen LogP contribution in [0.15, 0.2) is 109 Å². The van der Waals surface area contributed by atoms with Gasteiger partial charge in [0.25, 0.3) is 5.91 Å². The summed E-state index contributed by atoms with van der Waals surface area (Å²) in [5.74, 6) is -5.19. The predicted octanol–water partition coefficient (Wildman–Crippen LogP) is 9.54. The summed E-state index contributed by atoms with van der Waals surface area (Å²) in [5, 5.41) is 12.1. The van der Waals surface area contributed by atoms with E-state index in [-0.39, 0.29) is 48.3 Å². The summed E-state index contributed by atoms with van der Waals surface area (Å²) in [6.07, 6.45) is 31.6. The highest BCUT2D eigenvalue weighted by molar-refractivity contribution is 6.00. The average molecular weight is 718 g/mol. The van der Waals surface area contributed by atoms with E-state index in [0.717, 1.165) is 51.5 Å². The van der Waals surface area contributed by atoms with Gasteiger partial charge in [0.05, 0.1) is 12.2 Å². The molecular weight excluding hydrogens is 668 g/mol. The molecule has 1 unspecified atom stereocenters. The van der Waals surface area contributed by atoms with Gasteiger partial charge in [-0.15, -0.1) is 0 Å². The number of carbonyl (C=O) groups excluding carboxylic acids is 3. The average Bonchev–Trinajstić information content (AvgIpc) is 3.10. The molecule has 0 bridgehead atoms. The molecule has 0 fully saturated rings. The molecule has 2 aromatic rings. The minimum atomic E-state index is -1.36. The van der Waals surface area contributed by atoms with Gasteiger partial charge in [-0.25, -0.2) is 13.6 Å². The van der Waals surface area contributed by atoms with Crippen LogP contribution >= 0.6 is 0 Å². The number of aliphatic carboxylic acids is 1. The fourth-order valence-corrected chi connectivity index (χ4v) is 4.72. The van der Waals surface area contributed by atoms with Crippen molar-refractivity contribution in [3.8, 4) is 16.9 Å². The lowest BCUT2D eigenvalue weighted by molar-refractivity contribution is -0.143. The quantitative estimate of drug-likeness (QED) is 0.0509. The first-order chi connectivity index (χ1) is 25.1. The van der Waals surface area contributed by atoms with Crippen molar-refractivity contribution in [1.29, 1.82) is 0 Å². The van der Waals surface area contributed by atoms with Crippen molar-refractivity contribution < 1.29 is 42.5 Å². The molecule has 0 spiro atoms. The first-order valence-electron chi connectivity index (χ1n) is 17.5. The van der Waals surface area contributed by atoms with Crippen LogP contribution in [0.4, 0.5) is 8.78 Å². The Morgan fingerprint density at radius 3 is 1.90 bits per heavy atom. The summed E-state index contributed by atoms with van der Waals surface area (Å²) >= 11 is 0. The van der Waals surface area contributed by atoms with Gasteiger partial charge in [-0.2, -0.15) is 0 Å². The molecule has 2 rings (SSSR count). The summed E-state index contributed by atoms with van der Waals surface area (Å²) in [6.45, 7) is 3.21. The number of esters is 2. The lowest BCUT2D eigenvalue weighted by atomic mass is 10.0. The van der Waals surface area contributed by atoms with Crippen LogP contribution in [0, 0.1) is 11.6 Å². The number of carboxylic acids is 1. The van der Waals surface area contributed by atoms with E-state index in [9.17, 15) is 33.1 Å². The van der Waals surface area contributed by atoms with Crippen molar-refractivity contribution in [2.75, 3.05) is 6.61 Å². The van der Waals surface area contributed by atoms with E-state index < -0.39 is 41.5 Å². The molecule has 0 aliphatic rings. The minimum absolute atomic E-state index is 0.0118. The van der Waals surface area contributed by atoms with Gasteiger partial charge in [-0.05, 0) is 87.6 Å². The lowest BCUT2D eigenvalue weighted by Gasteiger charge is -2.17. The number of nitrogens with one attached hydrogen (secondary N) is 1. The van der Waals surface area contributed by atoms with Crippen molar-refractivity contribution in [3.05, 3.63) is 127 Å². The van der Waals surface area contributed by atoms with Gasteiger partial charge in [0.15, 0.2) is 0 Å². The Kier molecular flexibility index (Phi) is 21.0. The highest BCUT2D eigenvalue weighted by Crippen LogP contribution is 2.29. The van der Waals surface area contributed by atoms with Crippen molar-refractivity contribution in [1.82, 2.24) is 5.32 Å². The fourth-order valence-electron chi connectivity index (χ4n) is 4.72. The Labute approximate surface area is 305 Å². The zero-order valence-corrected chi connectivity index (χ0v) is 29.9. The van der Waals surface area contributed by atoms with E-state index in [0.29, 0.717) is 12.5 Å². The number of ether oxygens (including phenoxy) is 2. The number of hydrogen-bond acceptors (Lipinski definition) is 6. The summed E-state index contributed by atoms with van der Waals surface area (Å²) in [7, 11) is 0. The van der Waals surface area contributed by atoms with Gasteiger partial charge in [-0.1, -0.05) is 85.9 Å². The second kappa shape index (κ2) is 25.6. The minimum Gasteiger partial charge on any atom is -0.480 e. The second-order valence-electron chi connectivity index (χ2n) is 11.6. The van der Waals surface area contributed by atoms with Gasteiger partial charge >= 0.3 is 17.9 Å². The smallest absolute Gasteiger partial charge is 0.326 e. The molecule has 0 radical (unpaired) electrons. The molecule has 2 N–H and O–H groups in total. The Bertz CT molecular complexity index is 1640. The first-order valence-corrected chi connectivity index (χ1v) is 17.5. The van der Waals surface area contributed by atoms with Gasteiger partial charge in [0.2, 0.25) is 0 Å². The van der Waals surface area contributed by atoms with Crippen LogP contribution in [0.2, 0.25) is 0 Å². The predicted molar refractivity (Wildman–Crippen MR) is 200 cm³/mol. The zero-order valence-electron chi connectivity index (χ0n) is 29.9. The summed E-state index contributed by atoms with van der Waals surface area (Å²) < 4.78 is 38.1. The van der Waals surface area contributed by atoms with Crippen molar-refractivity contribution in [3.63, 3.8) is 0 Å². The summed E-state index contributed by atoms with van der Waals surface area (Å²) in [4.78, 5) is 48.8.